The second-order valence-corrected chi connectivity index (χ2v) is 4.68. The summed E-state index contributed by atoms with van der Waals surface area (Å²) in [6.07, 6.45) is 1.05. The van der Waals surface area contributed by atoms with Crippen molar-refractivity contribution in [1.82, 2.24) is 0 Å². The van der Waals surface area contributed by atoms with Crippen LogP contribution in [0, 0.1) is 0 Å². The van der Waals surface area contributed by atoms with Gasteiger partial charge in [-0.1, -0.05) is 35.9 Å². The first-order valence-electron chi connectivity index (χ1n) is 6.04. The van der Waals surface area contributed by atoms with Gasteiger partial charge in [0.25, 0.3) is 0 Å². The Balaban J connectivity index is 1.90. The molecule has 0 unspecified atom stereocenters. The number of halogens is 1. The van der Waals surface area contributed by atoms with E-state index in [0.29, 0.717) is 29.2 Å². The monoisotopic (exact) mass is 274 g/mol. The third kappa shape index (κ3) is 4.00. The lowest BCUT2D eigenvalue weighted by Crippen LogP contribution is -2.12. The number of anilines is 2. The van der Waals surface area contributed by atoms with E-state index in [-0.39, 0.29) is 5.91 Å². The highest BCUT2D eigenvalue weighted by molar-refractivity contribution is 6.33. The van der Waals surface area contributed by atoms with Gasteiger partial charge >= 0.3 is 0 Å². The van der Waals surface area contributed by atoms with E-state index in [2.05, 4.69) is 5.32 Å². The van der Waals surface area contributed by atoms with Gasteiger partial charge < -0.3 is 11.1 Å². The van der Waals surface area contributed by atoms with Gasteiger partial charge in [-0.25, -0.2) is 0 Å². The van der Waals surface area contributed by atoms with Crippen molar-refractivity contribution in [3.63, 3.8) is 0 Å². The maximum atomic E-state index is 11.8. The van der Waals surface area contributed by atoms with Crippen LogP contribution in [-0.2, 0) is 11.2 Å². The van der Waals surface area contributed by atoms with Crippen LogP contribution >= 0.6 is 11.6 Å². The Kier molecular flexibility index (Phi) is 4.42. The summed E-state index contributed by atoms with van der Waals surface area (Å²) in [6.45, 7) is 0. The van der Waals surface area contributed by atoms with E-state index in [1.165, 1.54) is 0 Å². The molecule has 1 amide bonds. The first-order valence-corrected chi connectivity index (χ1v) is 6.42. The van der Waals surface area contributed by atoms with E-state index >= 15 is 0 Å². The van der Waals surface area contributed by atoms with Crippen LogP contribution in [0.3, 0.4) is 0 Å². The van der Waals surface area contributed by atoms with E-state index in [1.54, 1.807) is 12.1 Å². The smallest absolute Gasteiger partial charge is 0.224 e. The number of carbonyl (C=O) groups excluding carboxylic acids is 1. The molecule has 2 rings (SSSR count). The Labute approximate surface area is 117 Å². The van der Waals surface area contributed by atoms with Crippen LogP contribution < -0.4 is 11.1 Å². The van der Waals surface area contributed by atoms with Gasteiger partial charge in [-0.2, -0.15) is 0 Å². The van der Waals surface area contributed by atoms with Gasteiger partial charge in [0, 0.05) is 12.1 Å². The van der Waals surface area contributed by atoms with Crippen LogP contribution in [0.2, 0.25) is 5.02 Å². The highest BCUT2D eigenvalue weighted by Gasteiger charge is 2.05. The Morgan fingerprint density at radius 1 is 1.16 bits per heavy atom. The number of aryl methyl sites for hydroxylation is 1. The fraction of sp³-hybridized carbons (Fsp3) is 0.133. The third-order valence-corrected chi connectivity index (χ3v) is 3.07. The Bertz CT molecular complexity index is 584. The van der Waals surface area contributed by atoms with Crippen molar-refractivity contribution in [2.24, 2.45) is 0 Å². The minimum Gasteiger partial charge on any atom is -0.399 e. The largest absolute Gasteiger partial charge is 0.399 e. The second kappa shape index (κ2) is 6.25. The van der Waals surface area contributed by atoms with Crippen LogP contribution in [-0.4, -0.2) is 5.91 Å². The molecule has 98 valence electrons. The second-order valence-electron chi connectivity index (χ2n) is 4.27. The van der Waals surface area contributed by atoms with Crippen LogP contribution in [0.15, 0.2) is 48.5 Å². The first kappa shape index (κ1) is 13.4. The van der Waals surface area contributed by atoms with Crippen molar-refractivity contribution >= 4 is 28.9 Å². The Hall–Kier alpha value is -2.00. The highest BCUT2D eigenvalue weighted by Crippen LogP contribution is 2.20. The standard InChI is InChI=1S/C15H15ClN2O/c16-13-6-1-2-7-14(13)18-15(19)9-8-11-4-3-5-12(17)10-11/h1-7,10H,8-9,17H2,(H,18,19). The van der Waals surface area contributed by atoms with Gasteiger partial charge in [-0.3, -0.25) is 4.79 Å². The van der Waals surface area contributed by atoms with Crippen LogP contribution in [0.25, 0.3) is 0 Å². The summed E-state index contributed by atoms with van der Waals surface area (Å²) in [5.41, 5.74) is 8.09. The van der Waals surface area contributed by atoms with Gasteiger partial charge in [0.15, 0.2) is 0 Å². The van der Waals surface area contributed by atoms with Gasteiger partial charge in [0.2, 0.25) is 5.91 Å². The minimum absolute atomic E-state index is 0.0597. The molecule has 0 radical (unpaired) electrons. The fourth-order valence-corrected chi connectivity index (χ4v) is 1.96. The van der Waals surface area contributed by atoms with Crippen LogP contribution in [0.5, 0.6) is 0 Å². The lowest BCUT2D eigenvalue weighted by Gasteiger charge is -2.07. The van der Waals surface area contributed by atoms with Crippen molar-refractivity contribution in [1.29, 1.82) is 0 Å². The van der Waals surface area contributed by atoms with E-state index in [1.807, 2.05) is 36.4 Å². The molecule has 0 aliphatic heterocycles. The minimum atomic E-state index is -0.0597. The number of nitrogens with one attached hydrogen (secondary N) is 1. The fourth-order valence-electron chi connectivity index (χ4n) is 1.78. The van der Waals surface area contributed by atoms with E-state index in [9.17, 15) is 4.79 Å². The summed E-state index contributed by atoms with van der Waals surface area (Å²) in [5, 5.41) is 3.33. The molecule has 19 heavy (non-hydrogen) atoms. The van der Waals surface area contributed by atoms with Crippen molar-refractivity contribution in [2.45, 2.75) is 12.8 Å². The molecule has 0 heterocycles. The van der Waals surface area contributed by atoms with Crippen LogP contribution in [0.4, 0.5) is 11.4 Å². The summed E-state index contributed by atoms with van der Waals surface area (Å²) >= 11 is 5.98. The maximum absolute atomic E-state index is 11.8. The summed E-state index contributed by atoms with van der Waals surface area (Å²) in [5.74, 6) is -0.0597. The molecule has 0 spiro atoms. The number of amides is 1. The average Bonchev–Trinajstić information content (AvgIpc) is 2.39. The van der Waals surface area contributed by atoms with Crippen molar-refractivity contribution < 1.29 is 4.79 Å². The quantitative estimate of drug-likeness (QED) is 0.839. The number of para-hydroxylation sites is 1. The topological polar surface area (TPSA) is 55.1 Å². The first-order chi connectivity index (χ1) is 9.15. The van der Waals surface area contributed by atoms with Gasteiger partial charge in [-0.15, -0.1) is 0 Å². The predicted octanol–water partition coefficient (Wildman–Crippen LogP) is 3.49. The van der Waals surface area contributed by atoms with Crippen molar-refractivity contribution in [2.75, 3.05) is 11.1 Å². The molecule has 2 aromatic carbocycles. The number of benzene rings is 2. The zero-order chi connectivity index (χ0) is 13.7. The third-order valence-electron chi connectivity index (χ3n) is 2.74. The normalized spacial score (nSPS) is 10.2. The van der Waals surface area contributed by atoms with Crippen molar-refractivity contribution in [3.05, 3.63) is 59.1 Å². The molecule has 2 aromatic rings. The molecule has 0 bridgehead atoms. The molecular formula is C15H15ClN2O. The van der Waals surface area contributed by atoms with Gasteiger partial charge in [-0.05, 0) is 36.2 Å². The number of nitrogens with two attached hydrogens (primary N) is 1. The van der Waals surface area contributed by atoms with E-state index < -0.39 is 0 Å². The summed E-state index contributed by atoms with van der Waals surface area (Å²) in [4.78, 5) is 11.8. The average molecular weight is 275 g/mol. The van der Waals surface area contributed by atoms with Crippen molar-refractivity contribution in [3.8, 4) is 0 Å². The maximum Gasteiger partial charge on any atom is 0.224 e. The molecule has 0 saturated heterocycles. The zero-order valence-electron chi connectivity index (χ0n) is 10.4. The predicted molar refractivity (Wildman–Crippen MR) is 79.3 cm³/mol. The molecule has 0 aromatic heterocycles. The van der Waals surface area contributed by atoms with E-state index in [0.717, 1.165) is 5.56 Å². The molecule has 4 heteroatoms. The number of hydrogen-bond donors (Lipinski definition) is 2. The molecule has 0 fully saturated rings. The summed E-state index contributed by atoms with van der Waals surface area (Å²) in [6, 6.07) is 14.7. The molecule has 0 saturated carbocycles. The van der Waals surface area contributed by atoms with Gasteiger partial charge in [0.1, 0.15) is 0 Å². The molecule has 0 aliphatic carbocycles. The Morgan fingerprint density at radius 3 is 2.68 bits per heavy atom. The SMILES string of the molecule is Nc1cccc(CCC(=O)Nc2ccccc2Cl)c1. The van der Waals surface area contributed by atoms with Crippen LogP contribution in [0.1, 0.15) is 12.0 Å². The molecule has 0 atom stereocenters. The van der Waals surface area contributed by atoms with Gasteiger partial charge in [0.05, 0.1) is 10.7 Å². The summed E-state index contributed by atoms with van der Waals surface area (Å²) in [7, 11) is 0. The lowest BCUT2D eigenvalue weighted by molar-refractivity contribution is -0.116. The number of rotatable bonds is 4. The summed E-state index contributed by atoms with van der Waals surface area (Å²) < 4.78 is 0. The number of hydrogen-bond acceptors (Lipinski definition) is 2. The number of nitrogen functional groups attached to an aromatic ring is 1. The number of carbonyl (C=O) groups is 1. The lowest BCUT2D eigenvalue weighted by atomic mass is 10.1. The zero-order valence-corrected chi connectivity index (χ0v) is 11.2. The Morgan fingerprint density at radius 2 is 1.95 bits per heavy atom. The van der Waals surface area contributed by atoms with E-state index in [4.69, 9.17) is 17.3 Å². The molecule has 3 nitrogen and oxygen atoms in total. The highest BCUT2D eigenvalue weighted by atomic mass is 35.5. The molecule has 0 aliphatic rings. The molecule has 3 N–H and O–H groups in total. The molecular weight excluding hydrogens is 260 g/mol.